The molecule has 2 rings (SSSR count). The van der Waals surface area contributed by atoms with E-state index < -0.39 is 24.3 Å². The van der Waals surface area contributed by atoms with Crippen molar-refractivity contribution < 1.29 is 29.6 Å². The molecule has 0 heterocycles. The highest BCUT2D eigenvalue weighted by molar-refractivity contribution is 5.67. The van der Waals surface area contributed by atoms with Crippen LogP contribution in [0.5, 0.6) is 0 Å². The van der Waals surface area contributed by atoms with Gasteiger partial charge in [-0.05, 0) is 29.5 Å². The number of benzene rings is 2. The van der Waals surface area contributed by atoms with Crippen LogP contribution in [0.3, 0.4) is 0 Å². The first kappa shape index (κ1) is 21.4. The fraction of sp³-hybridized carbons (Fsp3) is 0.333. The minimum absolute atomic E-state index is 0.00286. The van der Waals surface area contributed by atoms with Gasteiger partial charge in [0.15, 0.2) is 0 Å². The lowest BCUT2D eigenvalue weighted by Crippen LogP contribution is -2.29. The van der Waals surface area contributed by atoms with Gasteiger partial charge in [-0.15, -0.1) is 0 Å². The molecule has 0 bridgehead atoms. The van der Waals surface area contributed by atoms with Gasteiger partial charge in [-0.25, -0.2) is 4.79 Å². The number of aliphatic carboxylic acids is 1. The van der Waals surface area contributed by atoms with Gasteiger partial charge < -0.3 is 25.4 Å². The number of carboxylic acid groups (broad SMARTS) is 1. The molecule has 4 N–H and O–H groups in total. The molecule has 150 valence electrons. The van der Waals surface area contributed by atoms with Crippen LogP contribution in [0.2, 0.25) is 0 Å². The maximum atomic E-state index is 11.7. The molecule has 0 saturated heterocycles. The number of carboxylic acids is 1. The summed E-state index contributed by atoms with van der Waals surface area (Å²) < 4.78 is 5.07. The quantitative estimate of drug-likeness (QED) is 0.498. The van der Waals surface area contributed by atoms with Crippen molar-refractivity contribution in [2.45, 2.75) is 38.1 Å². The highest BCUT2D eigenvalue weighted by Gasteiger charge is 2.19. The van der Waals surface area contributed by atoms with E-state index in [0.29, 0.717) is 12.0 Å². The van der Waals surface area contributed by atoms with Gasteiger partial charge in [0.05, 0.1) is 6.10 Å². The van der Waals surface area contributed by atoms with Gasteiger partial charge in [0.25, 0.3) is 0 Å². The van der Waals surface area contributed by atoms with Gasteiger partial charge in [-0.3, -0.25) is 4.79 Å². The zero-order valence-electron chi connectivity index (χ0n) is 15.5. The fourth-order valence-corrected chi connectivity index (χ4v) is 2.66. The number of carbonyl (C=O) groups is 2. The molecule has 0 saturated carbocycles. The van der Waals surface area contributed by atoms with E-state index in [-0.39, 0.29) is 26.0 Å². The second kappa shape index (κ2) is 11.1. The lowest BCUT2D eigenvalue weighted by molar-refractivity contribution is -0.136. The third-order valence-electron chi connectivity index (χ3n) is 4.21. The Morgan fingerprint density at radius 1 is 1.00 bits per heavy atom. The van der Waals surface area contributed by atoms with Crippen molar-refractivity contribution in [3.63, 3.8) is 0 Å². The second-order valence-corrected chi connectivity index (χ2v) is 6.43. The molecule has 28 heavy (non-hydrogen) atoms. The van der Waals surface area contributed by atoms with E-state index in [2.05, 4.69) is 5.32 Å². The summed E-state index contributed by atoms with van der Waals surface area (Å²) >= 11 is 0. The molecule has 0 aliphatic carbocycles. The number of carbonyl (C=O) groups excluding carboxylic acids is 1. The van der Waals surface area contributed by atoms with Gasteiger partial charge >= 0.3 is 12.1 Å². The molecule has 0 fully saturated rings. The van der Waals surface area contributed by atoms with Gasteiger partial charge in [-0.2, -0.15) is 0 Å². The third kappa shape index (κ3) is 7.38. The number of hydrogen-bond donors (Lipinski definition) is 4. The largest absolute Gasteiger partial charge is 0.481 e. The Kier molecular flexibility index (Phi) is 8.45. The molecule has 0 aromatic heterocycles. The number of amides is 1. The molecular weight excluding hydrogens is 362 g/mol. The average molecular weight is 387 g/mol. The molecule has 0 radical (unpaired) electrons. The minimum Gasteiger partial charge on any atom is -0.481 e. The van der Waals surface area contributed by atoms with E-state index >= 15 is 0 Å². The van der Waals surface area contributed by atoms with Gasteiger partial charge in [0.2, 0.25) is 0 Å². The van der Waals surface area contributed by atoms with Gasteiger partial charge in [0, 0.05) is 13.0 Å². The van der Waals surface area contributed by atoms with Crippen LogP contribution in [0.1, 0.15) is 35.6 Å². The van der Waals surface area contributed by atoms with E-state index in [1.54, 1.807) is 24.3 Å². The zero-order valence-corrected chi connectivity index (χ0v) is 15.5. The monoisotopic (exact) mass is 387 g/mol. The highest BCUT2D eigenvalue weighted by Crippen LogP contribution is 2.20. The smallest absolute Gasteiger partial charge is 0.407 e. The van der Waals surface area contributed by atoms with Crippen LogP contribution >= 0.6 is 0 Å². The molecule has 7 heteroatoms. The first-order chi connectivity index (χ1) is 13.5. The predicted molar refractivity (Wildman–Crippen MR) is 103 cm³/mol. The standard InChI is InChI=1S/C21H25NO6/c23-18(11-12-22-21(27)28-14-16-5-2-1-3-6-16)20(26)17-8-4-7-15(13-17)9-10-19(24)25/h1-8,13,18,20,23,26H,9-12,14H2,(H,22,27)(H,24,25). The molecule has 0 spiro atoms. The van der Waals surface area contributed by atoms with Crippen molar-refractivity contribution in [3.8, 4) is 0 Å². The number of aryl methyl sites for hydroxylation is 1. The van der Waals surface area contributed by atoms with E-state index in [9.17, 15) is 19.8 Å². The van der Waals surface area contributed by atoms with Crippen LogP contribution in [0.4, 0.5) is 4.79 Å². The van der Waals surface area contributed by atoms with Crippen LogP contribution in [-0.2, 0) is 22.6 Å². The molecule has 0 aliphatic heterocycles. The maximum Gasteiger partial charge on any atom is 0.407 e. The van der Waals surface area contributed by atoms with Crippen LogP contribution in [0.25, 0.3) is 0 Å². The van der Waals surface area contributed by atoms with Crippen molar-refractivity contribution >= 4 is 12.1 Å². The summed E-state index contributed by atoms with van der Waals surface area (Å²) in [6, 6.07) is 16.1. The summed E-state index contributed by atoms with van der Waals surface area (Å²) in [5.74, 6) is -0.892. The summed E-state index contributed by atoms with van der Waals surface area (Å²) in [6.07, 6.45) is -2.32. The Morgan fingerprint density at radius 2 is 1.71 bits per heavy atom. The van der Waals surface area contributed by atoms with Crippen molar-refractivity contribution in [1.29, 1.82) is 0 Å². The van der Waals surface area contributed by atoms with E-state index in [0.717, 1.165) is 11.1 Å². The topological polar surface area (TPSA) is 116 Å². The summed E-state index contributed by atoms with van der Waals surface area (Å²) in [4.78, 5) is 22.3. The summed E-state index contributed by atoms with van der Waals surface area (Å²) in [6.45, 7) is 0.297. The molecule has 2 atom stereocenters. The van der Waals surface area contributed by atoms with Crippen LogP contribution in [0, 0.1) is 0 Å². The molecular formula is C21H25NO6. The number of alkyl carbamates (subject to hydrolysis) is 1. The van der Waals surface area contributed by atoms with Crippen LogP contribution in [0.15, 0.2) is 54.6 Å². The normalized spacial score (nSPS) is 12.8. The Balaban J connectivity index is 1.74. The number of ether oxygens (including phenoxy) is 1. The summed E-state index contributed by atoms with van der Waals surface area (Å²) in [7, 11) is 0. The number of rotatable bonds is 10. The Hall–Kier alpha value is -2.90. The highest BCUT2D eigenvalue weighted by atomic mass is 16.5. The zero-order chi connectivity index (χ0) is 20.4. The van der Waals surface area contributed by atoms with E-state index in [1.165, 1.54) is 0 Å². The number of hydrogen-bond acceptors (Lipinski definition) is 5. The van der Waals surface area contributed by atoms with Crippen molar-refractivity contribution in [3.05, 3.63) is 71.3 Å². The fourth-order valence-electron chi connectivity index (χ4n) is 2.66. The minimum atomic E-state index is -1.13. The van der Waals surface area contributed by atoms with Crippen molar-refractivity contribution in [2.75, 3.05) is 6.54 Å². The van der Waals surface area contributed by atoms with Gasteiger partial charge in [0.1, 0.15) is 12.7 Å². The summed E-state index contributed by atoms with van der Waals surface area (Å²) in [5.41, 5.74) is 2.15. The molecule has 2 aromatic carbocycles. The first-order valence-corrected chi connectivity index (χ1v) is 9.07. The average Bonchev–Trinajstić information content (AvgIpc) is 2.71. The van der Waals surface area contributed by atoms with Crippen LogP contribution in [-0.4, -0.2) is 40.0 Å². The van der Waals surface area contributed by atoms with E-state index in [1.807, 2.05) is 30.3 Å². The first-order valence-electron chi connectivity index (χ1n) is 9.07. The number of aliphatic hydroxyl groups is 2. The molecule has 2 aromatic rings. The van der Waals surface area contributed by atoms with Crippen LogP contribution < -0.4 is 5.32 Å². The molecule has 2 unspecified atom stereocenters. The van der Waals surface area contributed by atoms with Crippen molar-refractivity contribution in [2.24, 2.45) is 0 Å². The third-order valence-corrected chi connectivity index (χ3v) is 4.21. The van der Waals surface area contributed by atoms with Gasteiger partial charge in [-0.1, -0.05) is 54.6 Å². The van der Waals surface area contributed by atoms with Crippen molar-refractivity contribution in [1.82, 2.24) is 5.32 Å². The number of aliphatic hydroxyl groups excluding tert-OH is 2. The maximum absolute atomic E-state index is 11.7. The molecule has 1 amide bonds. The lowest BCUT2D eigenvalue weighted by atomic mass is 9.98. The Morgan fingerprint density at radius 3 is 2.43 bits per heavy atom. The molecule has 7 nitrogen and oxygen atoms in total. The number of nitrogens with one attached hydrogen (secondary N) is 1. The second-order valence-electron chi connectivity index (χ2n) is 6.43. The Bertz CT molecular complexity index is 765. The Labute approximate surface area is 163 Å². The SMILES string of the molecule is O=C(O)CCc1cccc(C(O)C(O)CCNC(=O)OCc2ccccc2)c1. The summed E-state index contributed by atoms with van der Waals surface area (Å²) in [5, 5.41) is 31.8. The lowest BCUT2D eigenvalue weighted by Gasteiger charge is -2.19. The van der Waals surface area contributed by atoms with E-state index in [4.69, 9.17) is 9.84 Å². The molecule has 0 aliphatic rings. The predicted octanol–water partition coefficient (Wildman–Crippen LogP) is 2.41.